The first-order chi connectivity index (χ1) is 9.69. The highest BCUT2D eigenvalue weighted by Crippen LogP contribution is 2.13. The second kappa shape index (κ2) is 9.34. The SMILES string of the molecule is COCCN(CCOC)C(=O)CCc1ccccc1N. The number of aryl methyl sites for hydroxylation is 1. The van der Waals surface area contributed by atoms with Gasteiger partial charge in [0, 0.05) is 39.4 Å². The lowest BCUT2D eigenvalue weighted by atomic mass is 10.1. The number of benzene rings is 1. The molecule has 2 N–H and O–H groups in total. The van der Waals surface area contributed by atoms with Gasteiger partial charge in [-0.3, -0.25) is 4.79 Å². The van der Waals surface area contributed by atoms with E-state index in [4.69, 9.17) is 15.2 Å². The molecule has 0 fully saturated rings. The van der Waals surface area contributed by atoms with Crippen molar-refractivity contribution in [3.8, 4) is 0 Å². The molecule has 0 atom stereocenters. The van der Waals surface area contributed by atoms with Gasteiger partial charge in [0.2, 0.25) is 5.91 Å². The first-order valence-corrected chi connectivity index (χ1v) is 6.78. The molecule has 1 rings (SSSR count). The number of nitrogen functional groups attached to an aromatic ring is 1. The largest absolute Gasteiger partial charge is 0.399 e. The number of amides is 1. The van der Waals surface area contributed by atoms with Crippen molar-refractivity contribution in [2.24, 2.45) is 0 Å². The summed E-state index contributed by atoms with van der Waals surface area (Å²) in [7, 11) is 3.26. The summed E-state index contributed by atoms with van der Waals surface area (Å²) in [5.41, 5.74) is 7.63. The Morgan fingerprint density at radius 1 is 1.15 bits per heavy atom. The van der Waals surface area contributed by atoms with Crippen molar-refractivity contribution in [3.05, 3.63) is 29.8 Å². The van der Waals surface area contributed by atoms with Gasteiger partial charge in [0.05, 0.1) is 13.2 Å². The third kappa shape index (κ3) is 5.59. The van der Waals surface area contributed by atoms with Gasteiger partial charge in [-0.2, -0.15) is 0 Å². The molecule has 1 amide bonds. The Morgan fingerprint density at radius 2 is 1.75 bits per heavy atom. The summed E-state index contributed by atoms with van der Waals surface area (Å²) in [6.45, 7) is 2.23. The maximum absolute atomic E-state index is 12.2. The minimum atomic E-state index is 0.0994. The number of hydrogen-bond acceptors (Lipinski definition) is 4. The second-order valence-corrected chi connectivity index (χ2v) is 4.57. The summed E-state index contributed by atoms with van der Waals surface area (Å²) >= 11 is 0. The molecule has 5 heteroatoms. The second-order valence-electron chi connectivity index (χ2n) is 4.57. The maximum atomic E-state index is 12.2. The Balaban J connectivity index is 2.50. The van der Waals surface area contributed by atoms with E-state index in [0.717, 1.165) is 11.3 Å². The van der Waals surface area contributed by atoms with E-state index < -0.39 is 0 Å². The van der Waals surface area contributed by atoms with E-state index in [1.165, 1.54) is 0 Å². The molecule has 0 aliphatic rings. The molecule has 1 aromatic carbocycles. The third-order valence-electron chi connectivity index (χ3n) is 3.15. The Bertz CT molecular complexity index is 402. The lowest BCUT2D eigenvalue weighted by Crippen LogP contribution is -2.36. The normalized spacial score (nSPS) is 10.5. The number of carbonyl (C=O) groups is 1. The zero-order chi connectivity index (χ0) is 14.8. The van der Waals surface area contributed by atoms with Crippen LogP contribution in [0.5, 0.6) is 0 Å². The smallest absolute Gasteiger partial charge is 0.223 e. The maximum Gasteiger partial charge on any atom is 0.223 e. The first kappa shape index (κ1) is 16.5. The van der Waals surface area contributed by atoms with Crippen molar-refractivity contribution >= 4 is 11.6 Å². The highest BCUT2D eigenvalue weighted by Gasteiger charge is 2.13. The monoisotopic (exact) mass is 280 g/mol. The van der Waals surface area contributed by atoms with E-state index in [0.29, 0.717) is 39.1 Å². The zero-order valence-corrected chi connectivity index (χ0v) is 12.3. The topological polar surface area (TPSA) is 64.8 Å². The van der Waals surface area contributed by atoms with E-state index in [1.54, 1.807) is 19.1 Å². The quantitative estimate of drug-likeness (QED) is 0.693. The van der Waals surface area contributed by atoms with Crippen molar-refractivity contribution in [1.29, 1.82) is 0 Å². The Labute approximate surface area is 120 Å². The average Bonchev–Trinajstić information content (AvgIpc) is 2.46. The van der Waals surface area contributed by atoms with E-state index in [1.807, 2.05) is 24.3 Å². The predicted molar refractivity (Wildman–Crippen MR) is 79.5 cm³/mol. The van der Waals surface area contributed by atoms with Crippen LogP contribution >= 0.6 is 0 Å². The van der Waals surface area contributed by atoms with Gasteiger partial charge < -0.3 is 20.1 Å². The zero-order valence-electron chi connectivity index (χ0n) is 12.3. The van der Waals surface area contributed by atoms with Gasteiger partial charge >= 0.3 is 0 Å². The summed E-state index contributed by atoms with van der Waals surface area (Å²) in [6.07, 6.45) is 1.10. The van der Waals surface area contributed by atoms with Crippen molar-refractivity contribution in [2.75, 3.05) is 46.3 Å². The molecule has 1 aromatic rings. The van der Waals surface area contributed by atoms with Crippen LogP contribution in [-0.4, -0.2) is 51.3 Å². The molecule has 0 unspecified atom stereocenters. The number of carbonyl (C=O) groups excluding carboxylic acids is 1. The fraction of sp³-hybridized carbons (Fsp3) is 0.533. The molecule has 0 saturated carbocycles. The molecular formula is C15H24N2O3. The number of para-hydroxylation sites is 1. The third-order valence-corrected chi connectivity index (χ3v) is 3.15. The molecule has 0 bridgehead atoms. The Hall–Kier alpha value is -1.59. The van der Waals surface area contributed by atoms with Gasteiger partial charge in [-0.1, -0.05) is 18.2 Å². The van der Waals surface area contributed by atoms with Crippen LogP contribution in [0, 0.1) is 0 Å². The van der Waals surface area contributed by atoms with E-state index in [-0.39, 0.29) is 5.91 Å². The molecule has 112 valence electrons. The molecular weight excluding hydrogens is 256 g/mol. The number of anilines is 1. The lowest BCUT2D eigenvalue weighted by molar-refractivity contribution is -0.132. The minimum absolute atomic E-state index is 0.0994. The summed E-state index contributed by atoms with van der Waals surface area (Å²) < 4.78 is 10.1. The Kier molecular flexibility index (Phi) is 7.69. The van der Waals surface area contributed by atoms with E-state index in [9.17, 15) is 4.79 Å². The number of ether oxygens (including phenoxy) is 2. The van der Waals surface area contributed by atoms with Crippen LogP contribution in [0.2, 0.25) is 0 Å². The molecule has 0 spiro atoms. The molecule has 0 aliphatic carbocycles. The highest BCUT2D eigenvalue weighted by atomic mass is 16.5. The van der Waals surface area contributed by atoms with Crippen molar-refractivity contribution in [3.63, 3.8) is 0 Å². The van der Waals surface area contributed by atoms with Gasteiger partial charge in [0.25, 0.3) is 0 Å². The standard InChI is InChI=1S/C15H24N2O3/c1-19-11-9-17(10-12-20-2)15(18)8-7-13-5-3-4-6-14(13)16/h3-6H,7-12,16H2,1-2H3. The molecule has 5 nitrogen and oxygen atoms in total. The van der Waals surface area contributed by atoms with Gasteiger partial charge in [-0.05, 0) is 18.1 Å². The number of methoxy groups -OCH3 is 2. The number of nitrogens with zero attached hydrogens (tertiary/aromatic N) is 1. The summed E-state index contributed by atoms with van der Waals surface area (Å²) in [4.78, 5) is 14.0. The molecule has 0 aliphatic heterocycles. The summed E-state index contributed by atoms with van der Waals surface area (Å²) in [5, 5.41) is 0. The predicted octanol–water partition coefficient (Wildman–Crippen LogP) is 1.32. The Morgan fingerprint density at radius 3 is 2.30 bits per heavy atom. The number of hydrogen-bond donors (Lipinski definition) is 1. The molecule has 0 radical (unpaired) electrons. The lowest BCUT2D eigenvalue weighted by Gasteiger charge is -2.22. The average molecular weight is 280 g/mol. The van der Waals surface area contributed by atoms with Gasteiger partial charge in [0.1, 0.15) is 0 Å². The summed E-state index contributed by atoms with van der Waals surface area (Å²) in [6, 6.07) is 7.64. The number of rotatable bonds is 9. The van der Waals surface area contributed by atoms with Crippen LogP contribution in [0.15, 0.2) is 24.3 Å². The van der Waals surface area contributed by atoms with Gasteiger partial charge in [0.15, 0.2) is 0 Å². The molecule has 0 aromatic heterocycles. The van der Waals surface area contributed by atoms with Crippen LogP contribution in [0.25, 0.3) is 0 Å². The van der Waals surface area contributed by atoms with Crippen LogP contribution < -0.4 is 5.73 Å². The highest BCUT2D eigenvalue weighted by molar-refractivity contribution is 5.76. The van der Waals surface area contributed by atoms with Gasteiger partial charge in [-0.15, -0.1) is 0 Å². The summed E-state index contributed by atoms with van der Waals surface area (Å²) in [5.74, 6) is 0.0994. The fourth-order valence-corrected chi connectivity index (χ4v) is 1.93. The van der Waals surface area contributed by atoms with Crippen molar-refractivity contribution < 1.29 is 14.3 Å². The van der Waals surface area contributed by atoms with E-state index >= 15 is 0 Å². The fourth-order valence-electron chi connectivity index (χ4n) is 1.93. The number of nitrogens with two attached hydrogens (primary N) is 1. The molecule has 0 heterocycles. The van der Waals surface area contributed by atoms with Crippen molar-refractivity contribution in [1.82, 2.24) is 4.90 Å². The van der Waals surface area contributed by atoms with Gasteiger partial charge in [-0.25, -0.2) is 0 Å². The molecule has 20 heavy (non-hydrogen) atoms. The van der Waals surface area contributed by atoms with E-state index in [2.05, 4.69) is 0 Å². The van der Waals surface area contributed by atoms with Crippen LogP contribution in [-0.2, 0) is 20.7 Å². The minimum Gasteiger partial charge on any atom is -0.399 e. The van der Waals surface area contributed by atoms with Crippen molar-refractivity contribution in [2.45, 2.75) is 12.8 Å². The first-order valence-electron chi connectivity index (χ1n) is 6.78. The van der Waals surface area contributed by atoms with Crippen LogP contribution in [0.1, 0.15) is 12.0 Å². The van der Waals surface area contributed by atoms with Crippen LogP contribution in [0.3, 0.4) is 0 Å². The van der Waals surface area contributed by atoms with Crippen LogP contribution in [0.4, 0.5) is 5.69 Å². The molecule has 0 saturated heterocycles.